The lowest BCUT2D eigenvalue weighted by Crippen LogP contribution is -2.05. The minimum absolute atomic E-state index is 0.0328. The molecule has 90 valence electrons. The molecule has 2 atom stereocenters. The molecule has 0 spiro atoms. The Bertz CT molecular complexity index is 344. The molecule has 0 fully saturated rings. The molecule has 0 amide bonds. The zero-order valence-electron chi connectivity index (χ0n) is 9.41. The van der Waals surface area contributed by atoms with Gasteiger partial charge in [0.2, 0.25) is 0 Å². The summed E-state index contributed by atoms with van der Waals surface area (Å²) in [5, 5.41) is 8.84. The molecule has 0 heterocycles. The number of benzene rings is 1. The average molecular weight is 246 g/mol. The molecule has 1 aromatic carbocycles. The first kappa shape index (κ1) is 13.5. The number of halogens is 2. The van der Waals surface area contributed by atoms with Gasteiger partial charge in [0, 0.05) is 23.5 Å². The molecule has 1 rings (SSSR count). The van der Waals surface area contributed by atoms with Gasteiger partial charge in [-0.05, 0) is 24.7 Å². The largest absolute Gasteiger partial charge is 0.396 e. The molecule has 0 aliphatic rings. The van der Waals surface area contributed by atoms with Gasteiger partial charge in [0.25, 0.3) is 0 Å². The lowest BCUT2D eigenvalue weighted by Gasteiger charge is -2.14. The summed E-state index contributed by atoms with van der Waals surface area (Å²) in [7, 11) is 0. The monoisotopic (exact) mass is 246 g/mol. The van der Waals surface area contributed by atoms with Gasteiger partial charge in [0.05, 0.1) is 0 Å². The van der Waals surface area contributed by atoms with Crippen molar-refractivity contribution >= 4 is 11.8 Å². The van der Waals surface area contributed by atoms with Crippen molar-refractivity contribution in [1.82, 2.24) is 0 Å². The molecule has 0 aromatic heterocycles. The Morgan fingerprint density at radius 1 is 1.31 bits per heavy atom. The van der Waals surface area contributed by atoms with Crippen molar-refractivity contribution in [3.63, 3.8) is 0 Å². The van der Waals surface area contributed by atoms with Crippen LogP contribution >= 0.6 is 11.8 Å². The Morgan fingerprint density at radius 2 is 2.00 bits per heavy atom. The molecule has 4 heteroatoms. The molecule has 1 N–H and O–H groups in total. The van der Waals surface area contributed by atoms with Gasteiger partial charge in [-0.3, -0.25) is 0 Å². The average Bonchev–Trinajstić information content (AvgIpc) is 2.25. The zero-order valence-corrected chi connectivity index (χ0v) is 10.2. The van der Waals surface area contributed by atoms with Crippen molar-refractivity contribution in [2.75, 3.05) is 12.4 Å². The first-order chi connectivity index (χ1) is 7.54. The first-order valence-electron chi connectivity index (χ1n) is 5.22. The number of rotatable bonds is 5. The third-order valence-corrected chi connectivity index (χ3v) is 3.86. The van der Waals surface area contributed by atoms with Crippen LogP contribution < -0.4 is 0 Å². The highest BCUT2D eigenvalue weighted by Crippen LogP contribution is 2.31. The highest BCUT2D eigenvalue weighted by molar-refractivity contribution is 7.99. The van der Waals surface area contributed by atoms with E-state index in [9.17, 15) is 8.78 Å². The second-order valence-corrected chi connectivity index (χ2v) is 5.30. The molecule has 1 aromatic rings. The van der Waals surface area contributed by atoms with E-state index >= 15 is 0 Å². The fraction of sp³-hybridized carbons (Fsp3) is 0.500. The maximum atomic E-state index is 13.4. The Balaban J connectivity index is 2.62. The molecule has 0 saturated heterocycles. The highest BCUT2D eigenvalue weighted by Gasteiger charge is 2.13. The van der Waals surface area contributed by atoms with Crippen LogP contribution in [-0.4, -0.2) is 17.5 Å². The van der Waals surface area contributed by atoms with E-state index in [1.807, 2.05) is 13.8 Å². The number of thioether (sulfide) groups is 1. The molecular formula is C12H16F2OS. The van der Waals surface area contributed by atoms with E-state index in [0.717, 1.165) is 11.8 Å². The fourth-order valence-corrected chi connectivity index (χ4v) is 2.38. The van der Waals surface area contributed by atoms with Crippen LogP contribution in [0, 0.1) is 17.6 Å². The van der Waals surface area contributed by atoms with Gasteiger partial charge in [0.1, 0.15) is 11.6 Å². The van der Waals surface area contributed by atoms with Crippen molar-refractivity contribution in [1.29, 1.82) is 0 Å². The summed E-state index contributed by atoms with van der Waals surface area (Å²) in [5.41, 5.74) is 0.511. The van der Waals surface area contributed by atoms with Crippen LogP contribution in [0.5, 0.6) is 0 Å². The minimum atomic E-state index is -0.554. The topological polar surface area (TPSA) is 20.2 Å². The quantitative estimate of drug-likeness (QED) is 0.859. The normalized spacial score (nSPS) is 14.8. The highest BCUT2D eigenvalue weighted by atomic mass is 32.2. The minimum Gasteiger partial charge on any atom is -0.396 e. The van der Waals surface area contributed by atoms with E-state index in [1.54, 1.807) is 11.8 Å². The van der Waals surface area contributed by atoms with Crippen LogP contribution in [0.15, 0.2) is 18.2 Å². The summed E-state index contributed by atoms with van der Waals surface area (Å²) in [6, 6.07) is 3.65. The standard InChI is InChI=1S/C12H16F2OS/c1-8(6-15)7-16-9(2)11-4-3-10(13)5-12(11)14/h3-5,8-9,15H,6-7H2,1-2H3. The van der Waals surface area contributed by atoms with Gasteiger partial charge in [-0.1, -0.05) is 13.0 Å². The summed E-state index contributed by atoms with van der Waals surface area (Å²) in [6.45, 7) is 3.94. The van der Waals surface area contributed by atoms with Crippen molar-refractivity contribution in [3.05, 3.63) is 35.4 Å². The van der Waals surface area contributed by atoms with Crippen molar-refractivity contribution in [2.24, 2.45) is 5.92 Å². The number of aliphatic hydroxyl groups is 1. The Kier molecular flexibility index (Phi) is 5.22. The predicted octanol–water partition coefficient (Wildman–Crippen LogP) is 3.39. The Hall–Kier alpha value is -0.610. The van der Waals surface area contributed by atoms with E-state index in [0.29, 0.717) is 5.56 Å². The maximum absolute atomic E-state index is 13.4. The van der Waals surface area contributed by atoms with Crippen molar-refractivity contribution in [3.8, 4) is 0 Å². The summed E-state index contributed by atoms with van der Waals surface area (Å²) < 4.78 is 26.1. The van der Waals surface area contributed by atoms with Crippen LogP contribution in [0.2, 0.25) is 0 Å². The van der Waals surface area contributed by atoms with E-state index in [1.165, 1.54) is 12.1 Å². The van der Waals surface area contributed by atoms with Gasteiger partial charge in [0.15, 0.2) is 0 Å². The van der Waals surface area contributed by atoms with Crippen LogP contribution in [0.3, 0.4) is 0 Å². The second-order valence-electron chi connectivity index (χ2n) is 3.93. The van der Waals surface area contributed by atoms with Gasteiger partial charge >= 0.3 is 0 Å². The van der Waals surface area contributed by atoms with Crippen LogP contribution in [0.1, 0.15) is 24.7 Å². The van der Waals surface area contributed by atoms with Crippen molar-refractivity contribution < 1.29 is 13.9 Å². The molecule has 0 aliphatic heterocycles. The van der Waals surface area contributed by atoms with E-state index in [4.69, 9.17) is 5.11 Å². The Labute approximate surface area is 98.9 Å². The van der Waals surface area contributed by atoms with Gasteiger partial charge in [-0.2, -0.15) is 11.8 Å². The summed E-state index contributed by atoms with van der Waals surface area (Å²) in [5.74, 6) is -0.108. The van der Waals surface area contributed by atoms with Gasteiger partial charge in [-0.15, -0.1) is 0 Å². The molecule has 16 heavy (non-hydrogen) atoms. The maximum Gasteiger partial charge on any atom is 0.130 e. The van der Waals surface area contributed by atoms with Gasteiger partial charge < -0.3 is 5.11 Å². The third-order valence-electron chi connectivity index (χ3n) is 2.34. The third kappa shape index (κ3) is 3.76. The lowest BCUT2D eigenvalue weighted by atomic mass is 10.1. The molecular weight excluding hydrogens is 230 g/mol. The van der Waals surface area contributed by atoms with Crippen molar-refractivity contribution in [2.45, 2.75) is 19.1 Å². The summed E-state index contributed by atoms with van der Waals surface area (Å²) in [4.78, 5) is 0. The molecule has 1 nitrogen and oxygen atoms in total. The van der Waals surface area contributed by atoms with Gasteiger partial charge in [-0.25, -0.2) is 8.78 Å². The van der Waals surface area contributed by atoms with Crippen LogP contribution in [0.4, 0.5) is 8.78 Å². The smallest absolute Gasteiger partial charge is 0.130 e. The molecule has 2 unspecified atom stereocenters. The van der Waals surface area contributed by atoms with E-state index in [-0.39, 0.29) is 17.8 Å². The summed E-state index contributed by atoms with van der Waals surface area (Å²) in [6.07, 6.45) is 0. The first-order valence-corrected chi connectivity index (χ1v) is 6.27. The Morgan fingerprint density at radius 3 is 2.56 bits per heavy atom. The molecule has 0 saturated carbocycles. The van der Waals surface area contributed by atoms with Crippen LogP contribution in [0.25, 0.3) is 0 Å². The second kappa shape index (κ2) is 6.21. The summed E-state index contributed by atoms with van der Waals surface area (Å²) >= 11 is 1.56. The number of hydrogen-bond acceptors (Lipinski definition) is 2. The number of hydrogen-bond donors (Lipinski definition) is 1. The predicted molar refractivity (Wildman–Crippen MR) is 63.5 cm³/mol. The number of aliphatic hydroxyl groups excluding tert-OH is 1. The van der Waals surface area contributed by atoms with E-state index < -0.39 is 11.6 Å². The molecule has 0 bridgehead atoms. The molecule has 0 aliphatic carbocycles. The zero-order chi connectivity index (χ0) is 12.1. The van der Waals surface area contributed by atoms with E-state index in [2.05, 4.69) is 0 Å². The lowest BCUT2D eigenvalue weighted by molar-refractivity contribution is 0.250. The van der Waals surface area contributed by atoms with Crippen LogP contribution in [-0.2, 0) is 0 Å². The molecule has 0 radical (unpaired) electrons. The SMILES string of the molecule is CC(CO)CSC(C)c1ccc(F)cc1F. The fourth-order valence-electron chi connectivity index (χ4n) is 1.28.